The minimum atomic E-state index is 0.879. The van der Waals surface area contributed by atoms with Gasteiger partial charge in [0.1, 0.15) is 0 Å². The van der Waals surface area contributed by atoms with Crippen LogP contribution >= 0.6 is 0 Å². The second kappa shape index (κ2) is 4.72. The summed E-state index contributed by atoms with van der Waals surface area (Å²) in [5.74, 6) is 0. The summed E-state index contributed by atoms with van der Waals surface area (Å²) in [5.41, 5.74) is 6.16. The van der Waals surface area contributed by atoms with Gasteiger partial charge in [-0.25, -0.2) is 0 Å². The van der Waals surface area contributed by atoms with E-state index < -0.39 is 0 Å². The molecule has 0 aliphatic rings. The molecular formula is C14H19N3. The van der Waals surface area contributed by atoms with Crippen LogP contribution in [0.3, 0.4) is 0 Å². The molecule has 2 aromatic rings. The fourth-order valence-electron chi connectivity index (χ4n) is 2.27. The van der Waals surface area contributed by atoms with E-state index in [0.717, 1.165) is 12.2 Å². The fraction of sp³-hybridized carbons (Fsp3) is 0.357. The highest BCUT2D eigenvalue weighted by Crippen LogP contribution is 2.29. The van der Waals surface area contributed by atoms with Gasteiger partial charge in [0.2, 0.25) is 0 Å². The van der Waals surface area contributed by atoms with Crippen molar-refractivity contribution in [2.45, 2.75) is 20.4 Å². The van der Waals surface area contributed by atoms with Crippen LogP contribution in [0.15, 0.2) is 24.3 Å². The summed E-state index contributed by atoms with van der Waals surface area (Å²) in [4.78, 5) is 0. The Labute approximate surface area is 102 Å². The normalized spacial score (nSPS) is 10.8. The smallest absolute Gasteiger partial charge is 0.0674 e. The van der Waals surface area contributed by atoms with Crippen LogP contribution < -0.4 is 5.32 Å². The zero-order chi connectivity index (χ0) is 12.4. The average Bonchev–Trinajstić information content (AvgIpc) is 2.55. The molecule has 0 unspecified atom stereocenters. The summed E-state index contributed by atoms with van der Waals surface area (Å²) >= 11 is 0. The van der Waals surface area contributed by atoms with Gasteiger partial charge in [-0.05, 0) is 32.0 Å². The van der Waals surface area contributed by atoms with Crippen molar-refractivity contribution < 1.29 is 0 Å². The third kappa shape index (κ3) is 2.11. The van der Waals surface area contributed by atoms with Crippen LogP contribution in [0, 0.1) is 13.8 Å². The van der Waals surface area contributed by atoms with Crippen molar-refractivity contribution in [3.63, 3.8) is 0 Å². The molecule has 3 nitrogen and oxygen atoms in total. The Morgan fingerprint density at radius 3 is 2.53 bits per heavy atom. The van der Waals surface area contributed by atoms with Crippen molar-refractivity contribution in [3.05, 3.63) is 41.2 Å². The molecule has 3 heteroatoms. The highest BCUT2D eigenvalue weighted by Gasteiger charge is 2.13. The Kier molecular flexibility index (Phi) is 3.29. The van der Waals surface area contributed by atoms with Gasteiger partial charge in [-0.3, -0.25) is 4.68 Å². The van der Waals surface area contributed by atoms with Crippen LogP contribution in [-0.2, 0) is 13.6 Å². The van der Waals surface area contributed by atoms with Crippen molar-refractivity contribution in [1.82, 2.24) is 15.1 Å². The molecule has 1 N–H and O–H groups in total. The lowest BCUT2D eigenvalue weighted by Crippen LogP contribution is -2.06. The van der Waals surface area contributed by atoms with Crippen LogP contribution in [-0.4, -0.2) is 16.8 Å². The monoisotopic (exact) mass is 229 g/mol. The molecule has 90 valence electrons. The van der Waals surface area contributed by atoms with E-state index in [0.29, 0.717) is 0 Å². The number of aromatic nitrogens is 2. The molecule has 0 fully saturated rings. The first kappa shape index (κ1) is 11.9. The van der Waals surface area contributed by atoms with Gasteiger partial charge >= 0.3 is 0 Å². The SMILES string of the molecule is CNCc1ccccc1-c1c(C)nn(C)c1C. The summed E-state index contributed by atoms with van der Waals surface area (Å²) in [7, 11) is 3.96. The minimum absolute atomic E-state index is 0.879. The van der Waals surface area contributed by atoms with Gasteiger partial charge in [-0.2, -0.15) is 5.10 Å². The van der Waals surface area contributed by atoms with Crippen LogP contribution in [0.5, 0.6) is 0 Å². The van der Waals surface area contributed by atoms with Crippen molar-refractivity contribution in [2.75, 3.05) is 7.05 Å². The number of hydrogen-bond donors (Lipinski definition) is 1. The van der Waals surface area contributed by atoms with Gasteiger partial charge < -0.3 is 5.32 Å². The maximum Gasteiger partial charge on any atom is 0.0674 e. The molecule has 0 aliphatic carbocycles. The minimum Gasteiger partial charge on any atom is -0.316 e. The molecule has 1 aromatic heterocycles. The second-order valence-electron chi connectivity index (χ2n) is 4.36. The molecule has 0 spiro atoms. The molecular weight excluding hydrogens is 210 g/mol. The quantitative estimate of drug-likeness (QED) is 0.876. The van der Waals surface area contributed by atoms with Gasteiger partial charge in [0.05, 0.1) is 5.69 Å². The summed E-state index contributed by atoms with van der Waals surface area (Å²) < 4.78 is 1.95. The standard InChI is InChI=1S/C14H19N3/c1-10-14(11(2)17(4)16-10)13-8-6-5-7-12(13)9-15-3/h5-8,15H,9H2,1-4H3. The van der Waals surface area contributed by atoms with Crippen LogP contribution in [0.2, 0.25) is 0 Å². The van der Waals surface area contributed by atoms with Crippen molar-refractivity contribution in [2.24, 2.45) is 7.05 Å². The number of nitrogens with one attached hydrogen (secondary N) is 1. The van der Waals surface area contributed by atoms with E-state index in [1.165, 1.54) is 22.4 Å². The molecule has 2 rings (SSSR count). The molecule has 0 saturated heterocycles. The van der Waals surface area contributed by atoms with Gasteiger partial charge in [0.25, 0.3) is 0 Å². The summed E-state index contributed by atoms with van der Waals surface area (Å²) in [6, 6.07) is 8.50. The number of hydrogen-bond acceptors (Lipinski definition) is 2. The number of benzene rings is 1. The fourth-order valence-corrected chi connectivity index (χ4v) is 2.27. The Balaban J connectivity index is 2.59. The molecule has 0 amide bonds. The third-order valence-electron chi connectivity index (χ3n) is 3.16. The largest absolute Gasteiger partial charge is 0.316 e. The number of rotatable bonds is 3. The van der Waals surface area contributed by atoms with Crippen molar-refractivity contribution in [3.8, 4) is 11.1 Å². The summed E-state index contributed by atoms with van der Waals surface area (Å²) in [5, 5.41) is 7.70. The molecule has 0 saturated carbocycles. The van der Waals surface area contributed by atoms with E-state index in [4.69, 9.17) is 0 Å². The Bertz CT molecular complexity index is 526. The van der Waals surface area contributed by atoms with E-state index in [2.05, 4.69) is 48.5 Å². The van der Waals surface area contributed by atoms with E-state index in [-0.39, 0.29) is 0 Å². The van der Waals surface area contributed by atoms with Crippen molar-refractivity contribution in [1.29, 1.82) is 0 Å². The molecule has 0 radical (unpaired) electrons. The van der Waals surface area contributed by atoms with Gasteiger partial charge in [0.15, 0.2) is 0 Å². The lowest BCUT2D eigenvalue weighted by molar-refractivity contribution is 0.731. The first-order valence-electron chi connectivity index (χ1n) is 5.88. The zero-order valence-corrected chi connectivity index (χ0v) is 10.9. The lowest BCUT2D eigenvalue weighted by atomic mass is 9.98. The third-order valence-corrected chi connectivity index (χ3v) is 3.16. The first-order chi connectivity index (χ1) is 8.15. The molecule has 0 bridgehead atoms. The summed E-state index contributed by atoms with van der Waals surface area (Å²) in [6.07, 6.45) is 0. The highest BCUT2D eigenvalue weighted by atomic mass is 15.3. The molecule has 1 heterocycles. The average molecular weight is 229 g/mol. The van der Waals surface area contributed by atoms with Crippen LogP contribution in [0.1, 0.15) is 17.0 Å². The predicted molar refractivity (Wildman–Crippen MR) is 70.9 cm³/mol. The van der Waals surface area contributed by atoms with E-state index in [1.54, 1.807) is 0 Å². The Morgan fingerprint density at radius 2 is 1.94 bits per heavy atom. The molecule has 17 heavy (non-hydrogen) atoms. The Hall–Kier alpha value is -1.61. The van der Waals surface area contributed by atoms with Gasteiger partial charge in [-0.15, -0.1) is 0 Å². The molecule has 1 aromatic carbocycles. The Morgan fingerprint density at radius 1 is 1.24 bits per heavy atom. The highest BCUT2D eigenvalue weighted by molar-refractivity contribution is 5.71. The summed E-state index contributed by atoms with van der Waals surface area (Å²) in [6.45, 7) is 5.06. The predicted octanol–water partition coefficient (Wildman–Crippen LogP) is 2.42. The number of nitrogens with zero attached hydrogens (tertiary/aromatic N) is 2. The zero-order valence-electron chi connectivity index (χ0n) is 10.9. The molecule has 0 atom stereocenters. The van der Waals surface area contributed by atoms with Crippen LogP contribution in [0.4, 0.5) is 0 Å². The van der Waals surface area contributed by atoms with E-state index in [9.17, 15) is 0 Å². The first-order valence-corrected chi connectivity index (χ1v) is 5.88. The van der Waals surface area contributed by atoms with Crippen molar-refractivity contribution >= 4 is 0 Å². The molecule has 0 aliphatic heterocycles. The van der Waals surface area contributed by atoms with E-state index >= 15 is 0 Å². The van der Waals surface area contributed by atoms with E-state index in [1.807, 2.05) is 18.8 Å². The topological polar surface area (TPSA) is 29.9 Å². The van der Waals surface area contributed by atoms with Gasteiger partial charge in [-0.1, -0.05) is 24.3 Å². The van der Waals surface area contributed by atoms with Crippen LogP contribution in [0.25, 0.3) is 11.1 Å². The van der Waals surface area contributed by atoms with Gasteiger partial charge in [0, 0.05) is 24.8 Å². The lowest BCUT2D eigenvalue weighted by Gasteiger charge is -2.09. The maximum absolute atomic E-state index is 4.48. The second-order valence-corrected chi connectivity index (χ2v) is 4.36. The number of aryl methyl sites for hydroxylation is 2. The maximum atomic E-state index is 4.48.